The van der Waals surface area contributed by atoms with Crippen LogP contribution in [0.25, 0.3) is 6.08 Å². The number of imide groups is 2. The third-order valence-electron chi connectivity index (χ3n) is 5.21. The van der Waals surface area contributed by atoms with Crippen molar-refractivity contribution in [2.24, 2.45) is 0 Å². The molecule has 1 fully saturated rings. The van der Waals surface area contributed by atoms with Crippen LogP contribution in [-0.2, 0) is 16.2 Å². The van der Waals surface area contributed by atoms with Gasteiger partial charge in [-0.2, -0.15) is 0 Å². The standard InChI is InChI=1S/C25H18BrN3O7/c1-35-22-12-16(7-10-21(22)36-14-15-5-8-17(26)9-6-15)11-20-23(30)27-25(32)28(24(20)31)18-3-2-4-19(13-18)29(33)34/h2-13H,14H2,1H3,(H,27,30,32)/b20-11+. The predicted octanol–water partition coefficient (Wildman–Crippen LogP) is 4.61. The first kappa shape index (κ1) is 24.6. The summed E-state index contributed by atoms with van der Waals surface area (Å²) in [4.78, 5) is 49.1. The maximum Gasteiger partial charge on any atom is 0.335 e. The van der Waals surface area contributed by atoms with Gasteiger partial charge in [-0.15, -0.1) is 0 Å². The van der Waals surface area contributed by atoms with Crippen LogP contribution in [0, 0.1) is 10.1 Å². The van der Waals surface area contributed by atoms with Crippen molar-refractivity contribution in [1.82, 2.24) is 5.32 Å². The number of amides is 4. The molecular formula is C25H18BrN3O7. The van der Waals surface area contributed by atoms with E-state index >= 15 is 0 Å². The molecule has 1 heterocycles. The molecule has 4 rings (SSSR count). The van der Waals surface area contributed by atoms with Crippen LogP contribution in [0.3, 0.4) is 0 Å². The average Bonchev–Trinajstić information content (AvgIpc) is 2.86. The van der Waals surface area contributed by atoms with Crippen molar-refractivity contribution in [2.45, 2.75) is 6.61 Å². The summed E-state index contributed by atoms with van der Waals surface area (Å²) in [6.45, 7) is 0.297. The van der Waals surface area contributed by atoms with Gasteiger partial charge >= 0.3 is 6.03 Å². The van der Waals surface area contributed by atoms with Crippen LogP contribution in [0.5, 0.6) is 11.5 Å². The molecule has 0 radical (unpaired) electrons. The third kappa shape index (κ3) is 5.26. The molecule has 3 aromatic carbocycles. The van der Waals surface area contributed by atoms with Crippen LogP contribution >= 0.6 is 15.9 Å². The number of carbonyl (C=O) groups is 3. The molecule has 11 heteroatoms. The highest BCUT2D eigenvalue weighted by molar-refractivity contribution is 9.10. The second-order valence-corrected chi connectivity index (χ2v) is 8.48. The quantitative estimate of drug-likeness (QED) is 0.196. The summed E-state index contributed by atoms with van der Waals surface area (Å²) in [5.41, 5.74) is 0.710. The molecule has 4 amide bonds. The van der Waals surface area contributed by atoms with Gasteiger partial charge in [0.1, 0.15) is 12.2 Å². The summed E-state index contributed by atoms with van der Waals surface area (Å²) in [5, 5.41) is 13.2. The van der Waals surface area contributed by atoms with Crippen LogP contribution in [0.4, 0.5) is 16.2 Å². The number of halogens is 1. The van der Waals surface area contributed by atoms with Crippen molar-refractivity contribution < 1.29 is 28.8 Å². The number of benzene rings is 3. The Balaban J connectivity index is 1.60. The minimum atomic E-state index is -1.00. The Morgan fingerprint density at radius 1 is 1.03 bits per heavy atom. The Bertz CT molecular complexity index is 1400. The fraction of sp³-hybridized carbons (Fsp3) is 0.0800. The van der Waals surface area contributed by atoms with Crippen molar-refractivity contribution >= 4 is 51.2 Å². The SMILES string of the molecule is COc1cc(/C=C2\C(=O)NC(=O)N(c3cccc([N+](=O)[O-])c3)C2=O)ccc1OCc1ccc(Br)cc1. The Morgan fingerprint density at radius 2 is 1.78 bits per heavy atom. The minimum Gasteiger partial charge on any atom is -0.493 e. The van der Waals surface area contributed by atoms with Crippen molar-refractivity contribution in [3.05, 3.63) is 98.0 Å². The fourth-order valence-electron chi connectivity index (χ4n) is 3.44. The summed E-state index contributed by atoms with van der Waals surface area (Å²) in [7, 11) is 1.46. The zero-order valence-corrected chi connectivity index (χ0v) is 20.4. The van der Waals surface area contributed by atoms with Crippen LogP contribution in [0.2, 0.25) is 0 Å². The summed E-state index contributed by atoms with van der Waals surface area (Å²) in [6, 6.07) is 16.5. The Morgan fingerprint density at radius 3 is 2.47 bits per heavy atom. The van der Waals surface area contributed by atoms with E-state index in [0.717, 1.165) is 16.1 Å². The normalized spacial score (nSPS) is 14.6. The fourth-order valence-corrected chi connectivity index (χ4v) is 3.70. The van der Waals surface area contributed by atoms with Gasteiger partial charge in [-0.05, 0) is 47.5 Å². The van der Waals surface area contributed by atoms with Crippen molar-refractivity contribution in [3.63, 3.8) is 0 Å². The average molecular weight is 552 g/mol. The zero-order chi connectivity index (χ0) is 25.8. The Hall–Kier alpha value is -4.51. The van der Waals surface area contributed by atoms with Gasteiger partial charge in [0.15, 0.2) is 11.5 Å². The lowest BCUT2D eigenvalue weighted by atomic mass is 10.1. The molecule has 1 aliphatic heterocycles. The number of nitrogens with one attached hydrogen (secondary N) is 1. The number of urea groups is 1. The van der Waals surface area contributed by atoms with E-state index in [9.17, 15) is 24.5 Å². The first-order valence-electron chi connectivity index (χ1n) is 10.5. The topological polar surface area (TPSA) is 128 Å². The van der Waals surface area contributed by atoms with Gasteiger partial charge in [-0.25, -0.2) is 9.69 Å². The molecule has 0 unspecified atom stereocenters. The predicted molar refractivity (Wildman–Crippen MR) is 134 cm³/mol. The van der Waals surface area contributed by atoms with Crippen molar-refractivity contribution in [2.75, 3.05) is 12.0 Å². The molecule has 182 valence electrons. The molecule has 3 aromatic rings. The second kappa shape index (κ2) is 10.4. The van der Waals surface area contributed by atoms with Crippen molar-refractivity contribution in [1.29, 1.82) is 0 Å². The number of nitro benzene ring substituents is 1. The van der Waals surface area contributed by atoms with E-state index in [1.165, 1.54) is 31.4 Å². The van der Waals surface area contributed by atoms with E-state index in [4.69, 9.17) is 9.47 Å². The molecular weight excluding hydrogens is 534 g/mol. The summed E-state index contributed by atoms with van der Waals surface area (Å²) < 4.78 is 12.2. The van der Waals surface area contributed by atoms with Crippen LogP contribution < -0.4 is 19.7 Å². The van der Waals surface area contributed by atoms with Gasteiger partial charge in [0.25, 0.3) is 17.5 Å². The highest BCUT2D eigenvalue weighted by Crippen LogP contribution is 2.31. The number of nitro groups is 1. The van der Waals surface area contributed by atoms with E-state index < -0.39 is 22.8 Å². The van der Waals surface area contributed by atoms with E-state index in [1.807, 2.05) is 24.3 Å². The second-order valence-electron chi connectivity index (χ2n) is 7.56. The zero-order valence-electron chi connectivity index (χ0n) is 18.8. The molecule has 0 saturated carbocycles. The number of barbiturate groups is 1. The maximum atomic E-state index is 13.1. The lowest BCUT2D eigenvalue weighted by Gasteiger charge is -2.26. The molecule has 0 aromatic heterocycles. The van der Waals surface area contributed by atoms with E-state index in [2.05, 4.69) is 21.2 Å². The maximum absolute atomic E-state index is 13.1. The Labute approximate surface area is 213 Å². The van der Waals surface area contributed by atoms with Gasteiger partial charge < -0.3 is 9.47 Å². The van der Waals surface area contributed by atoms with E-state index in [1.54, 1.807) is 18.2 Å². The highest BCUT2D eigenvalue weighted by atomic mass is 79.9. The van der Waals surface area contributed by atoms with Crippen LogP contribution in [-0.4, -0.2) is 29.9 Å². The van der Waals surface area contributed by atoms with Gasteiger partial charge in [-0.3, -0.25) is 25.0 Å². The molecule has 0 bridgehead atoms. The molecule has 1 saturated heterocycles. The van der Waals surface area contributed by atoms with Crippen molar-refractivity contribution in [3.8, 4) is 11.5 Å². The first-order chi connectivity index (χ1) is 17.3. The minimum absolute atomic E-state index is 0.0422. The number of non-ortho nitro benzene ring substituents is 1. The lowest BCUT2D eigenvalue weighted by molar-refractivity contribution is -0.384. The molecule has 10 nitrogen and oxygen atoms in total. The first-order valence-corrected chi connectivity index (χ1v) is 11.3. The van der Waals surface area contributed by atoms with Gasteiger partial charge in [0, 0.05) is 16.6 Å². The molecule has 0 aliphatic carbocycles. The highest BCUT2D eigenvalue weighted by Gasteiger charge is 2.37. The number of nitrogens with zero attached hydrogens (tertiary/aromatic N) is 2. The summed E-state index contributed by atoms with van der Waals surface area (Å²) in [5.74, 6) is -0.980. The number of ether oxygens (including phenoxy) is 2. The molecule has 0 spiro atoms. The molecule has 36 heavy (non-hydrogen) atoms. The van der Waals surface area contributed by atoms with Crippen LogP contribution in [0.15, 0.2) is 76.8 Å². The number of anilines is 1. The molecule has 0 atom stereocenters. The lowest BCUT2D eigenvalue weighted by Crippen LogP contribution is -2.54. The van der Waals surface area contributed by atoms with Gasteiger partial charge in [0.2, 0.25) is 0 Å². The van der Waals surface area contributed by atoms with E-state index in [0.29, 0.717) is 28.6 Å². The number of hydrogen-bond acceptors (Lipinski definition) is 7. The van der Waals surface area contributed by atoms with Crippen LogP contribution in [0.1, 0.15) is 11.1 Å². The summed E-state index contributed by atoms with van der Waals surface area (Å²) >= 11 is 3.38. The number of hydrogen-bond donors (Lipinski definition) is 1. The molecule has 1 N–H and O–H groups in total. The smallest absolute Gasteiger partial charge is 0.335 e. The number of rotatable bonds is 7. The number of methoxy groups -OCH3 is 1. The third-order valence-corrected chi connectivity index (χ3v) is 5.74. The number of carbonyl (C=O) groups excluding carboxylic acids is 3. The Kier molecular flexibility index (Phi) is 7.11. The van der Waals surface area contributed by atoms with Gasteiger partial charge in [0.05, 0.1) is 17.7 Å². The van der Waals surface area contributed by atoms with E-state index in [-0.39, 0.29) is 16.9 Å². The van der Waals surface area contributed by atoms with Gasteiger partial charge in [-0.1, -0.05) is 40.2 Å². The monoisotopic (exact) mass is 551 g/mol. The summed E-state index contributed by atoms with van der Waals surface area (Å²) in [6.07, 6.45) is 1.30. The molecule has 1 aliphatic rings. The largest absolute Gasteiger partial charge is 0.493 e.